The minimum atomic E-state index is -0.996. The zero-order valence-corrected chi connectivity index (χ0v) is 12.4. The van der Waals surface area contributed by atoms with Crippen LogP contribution in [0, 0.1) is 0 Å². The normalized spacial score (nSPS) is 10.7. The van der Waals surface area contributed by atoms with Crippen LogP contribution >= 0.6 is 0 Å². The van der Waals surface area contributed by atoms with Gasteiger partial charge in [0.2, 0.25) is 5.78 Å². The quantitative estimate of drug-likeness (QED) is 0.732. The van der Waals surface area contributed by atoms with Gasteiger partial charge >= 0.3 is 5.97 Å². The SMILES string of the molecule is COc1c(CC(=O)O)cc2ccoc2c1C(=O)c1ccccc1. The van der Waals surface area contributed by atoms with E-state index in [-0.39, 0.29) is 23.5 Å². The number of hydrogen-bond donors (Lipinski definition) is 1. The molecule has 0 amide bonds. The highest BCUT2D eigenvalue weighted by Gasteiger charge is 2.24. The Morgan fingerprint density at radius 2 is 1.91 bits per heavy atom. The van der Waals surface area contributed by atoms with Crippen molar-refractivity contribution in [2.75, 3.05) is 7.11 Å². The largest absolute Gasteiger partial charge is 0.496 e. The fourth-order valence-electron chi connectivity index (χ4n) is 2.62. The molecule has 0 fully saturated rings. The number of benzene rings is 2. The third-order valence-electron chi connectivity index (χ3n) is 3.58. The number of ether oxygens (including phenoxy) is 1. The number of ketones is 1. The van der Waals surface area contributed by atoms with E-state index in [2.05, 4.69) is 0 Å². The number of carboxylic acids is 1. The van der Waals surface area contributed by atoms with Crippen molar-refractivity contribution in [1.82, 2.24) is 0 Å². The molecule has 0 saturated carbocycles. The van der Waals surface area contributed by atoms with E-state index in [4.69, 9.17) is 14.3 Å². The molecule has 5 nitrogen and oxygen atoms in total. The van der Waals surface area contributed by atoms with Crippen molar-refractivity contribution in [2.24, 2.45) is 0 Å². The van der Waals surface area contributed by atoms with E-state index >= 15 is 0 Å². The molecule has 2 aromatic carbocycles. The highest BCUT2D eigenvalue weighted by Crippen LogP contribution is 2.35. The van der Waals surface area contributed by atoms with Gasteiger partial charge in [0.25, 0.3) is 0 Å². The van der Waals surface area contributed by atoms with Crippen LogP contribution in [0.3, 0.4) is 0 Å². The number of fused-ring (bicyclic) bond motifs is 1. The fraction of sp³-hybridized carbons (Fsp3) is 0.111. The highest BCUT2D eigenvalue weighted by atomic mass is 16.5. The Kier molecular flexibility index (Phi) is 3.85. The molecule has 116 valence electrons. The van der Waals surface area contributed by atoms with Crippen LogP contribution < -0.4 is 4.74 Å². The Morgan fingerprint density at radius 1 is 1.17 bits per heavy atom. The Balaban J connectivity index is 2.27. The lowest BCUT2D eigenvalue weighted by Gasteiger charge is -2.13. The average Bonchev–Trinajstić information content (AvgIpc) is 3.01. The summed E-state index contributed by atoms with van der Waals surface area (Å²) < 4.78 is 10.8. The number of rotatable bonds is 5. The maximum absolute atomic E-state index is 12.9. The van der Waals surface area contributed by atoms with Gasteiger partial charge in [0, 0.05) is 16.5 Å². The minimum absolute atomic E-state index is 0.237. The second kappa shape index (κ2) is 5.96. The summed E-state index contributed by atoms with van der Waals surface area (Å²) in [6, 6.07) is 12.1. The van der Waals surface area contributed by atoms with Crippen molar-refractivity contribution >= 4 is 22.7 Å². The molecule has 3 rings (SSSR count). The summed E-state index contributed by atoms with van der Waals surface area (Å²) in [4.78, 5) is 24.0. The van der Waals surface area contributed by atoms with Gasteiger partial charge in [-0.25, -0.2) is 0 Å². The first-order chi connectivity index (χ1) is 11.1. The van der Waals surface area contributed by atoms with Gasteiger partial charge in [-0.15, -0.1) is 0 Å². The van der Waals surface area contributed by atoms with Crippen LogP contribution in [0.1, 0.15) is 21.5 Å². The summed E-state index contributed by atoms with van der Waals surface area (Å²) >= 11 is 0. The molecule has 3 aromatic rings. The molecule has 0 radical (unpaired) electrons. The molecule has 0 spiro atoms. The van der Waals surface area contributed by atoms with Crippen molar-refractivity contribution in [1.29, 1.82) is 0 Å². The van der Waals surface area contributed by atoms with E-state index in [0.717, 1.165) is 0 Å². The summed E-state index contributed by atoms with van der Waals surface area (Å²) in [5, 5.41) is 9.76. The predicted octanol–water partition coefficient (Wildman–Crippen LogP) is 3.30. The van der Waals surface area contributed by atoms with E-state index < -0.39 is 5.97 Å². The molecular weight excluding hydrogens is 296 g/mol. The van der Waals surface area contributed by atoms with Crippen molar-refractivity contribution in [3.05, 3.63) is 65.4 Å². The van der Waals surface area contributed by atoms with Gasteiger partial charge in [-0.2, -0.15) is 0 Å². The topological polar surface area (TPSA) is 76.7 Å². The van der Waals surface area contributed by atoms with Crippen molar-refractivity contribution in [3.63, 3.8) is 0 Å². The summed E-state index contributed by atoms with van der Waals surface area (Å²) in [5.41, 5.74) is 1.56. The second-order valence-corrected chi connectivity index (χ2v) is 5.05. The molecule has 0 bridgehead atoms. The predicted molar refractivity (Wildman–Crippen MR) is 84.0 cm³/mol. The minimum Gasteiger partial charge on any atom is -0.496 e. The van der Waals surface area contributed by atoms with Crippen molar-refractivity contribution in [3.8, 4) is 5.75 Å². The van der Waals surface area contributed by atoms with Crippen LogP contribution in [0.25, 0.3) is 11.0 Å². The maximum Gasteiger partial charge on any atom is 0.307 e. The van der Waals surface area contributed by atoms with E-state index in [9.17, 15) is 9.59 Å². The number of furan rings is 1. The van der Waals surface area contributed by atoms with Crippen LogP contribution in [-0.4, -0.2) is 24.0 Å². The summed E-state index contributed by atoms with van der Waals surface area (Å²) in [7, 11) is 1.41. The third-order valence-corrected chi connectivity index (χ3v) is 3.58. The second-order valence-electron chi connectivity index (χ2n) is 5.05. The molecule has 0 saturated heterocycles. The van der Waals surface area contributed by atoms with Crippen LogP contribution in [0.15, 0.2) is 53.1 Å². The molecule has 0 unspecified atom stereocenters. The van der Waals surface area contributed by atoms with Gasteiger partial charge in [-0.05, 0) is 12.1 Å². The molecule has 1 N–H and O–H groups in total. The van der Waals surface area contributed by atoms with E-state index in [1.807, 2.05) is 6.07 Å². The number of carbonyl (C=O) groups is 2. The lowest BCUT2D eigenvalue weighted by Crippen LogP contribution is -2.09. The summed E-state index contributed by atoms with van der Waals surface area (Å²) in [6.07, 6.45) is 1.23. The van der Waals surface area contributed by atoms with E-state index in [0.29, 0.717) is 22.1 Å². The van der Waals surface area contributed by atoms with E-state index in [1.54, 1.807) is 36.4 Å². The third kappa shape index (κ3) is 2.68. The van der Waals surface area contributed by atoms with Gasteiger partial charge in [0.1, 0.15) is 16.9 Å². The highest BCUT2D eigenvalue weighted by molar-refractivity contribution is 6.17. The Bertz CT molecular complexity index is 877. The monoisotopic (exact) mass is 310 g/mol. The van der Waals surface area contributed by atoms with Gasteiger partial charge in [-0.3, -0.25) is 9.59 Å². The molecule has 1 heterocycles. The first-order valence-corrected chi connectivity index (χ1v) is 7.00. The zero-order chi connectivity index (χ0) is 16.4. The Labute approximate surface area is 132 Å². The maximum atomic E-state index is 12.9. The van der Waals surface area contributed by atoms with Crippen LogP contribution in [0.2, 0.25) is 0 Å². The molecule has 0 aliphatic heterocycles. The van der Waals surface area contributed by atoms with E-state index in [1.165, 1.54) is 13.4 Å². The number of methoxy groups -OCH3 is 1. The zero-order valence-electron chi connectivity index (χ0n) is 12.4. The number of hydrogen-bond acceptors (Lipinski definition) is 4. The molecule has 0 aliphatic carbocycles. The molecular formula is C18H14O5. The van der Waals surface area contributed by atoms with Gasteiger partial charge in [0.15, 0.2) is 0 Å². The summed E-state index contributed by atoms with van der Waals surface area (Å²) in [6.45, 7) is 0. The fourth-order valence-corrected chi connectivity index (χ4v) is 2.62. The molecule has 0 aliphatic rings. The lowest BCUT2D eigenvalue weighted by molar-refractivity contribution is -0.136. The van der Waals surface area contributed by atoms with Crippen LogP contribution in [0.5, 0.6) is 5.75 Å². The van der Waals surface area contributed by atoms with Gasteiger partial charge in [0.05, 0.1) is 19.8 Å². The molecule has 1 aromatic heterocycles. The number of carboxylic acid groups (broad SMARTS) is 1. The molecule has 0 atom stereocenters. The Hall–Kier alpha value is -3.08. The number of aliphatic carboxylic acids is 1. The van der Waals surface area contributed by atoms with Crippen LogP contribution in [-0.2, 0) is 11.2 Å². The smallest absolute Gasteiger partial charge is 0.307 e. The summed E-state index contributed by atoms with van der Waals surface area (Å²) in [5.74, 6) is -1.03. The molecule has 23 heavy (non-hydrogen) atoms. The first-order valence-electron chi connectivity index (χ1n) is 7.00. The van der Waals surface area contributed by atoms with Crippen molar-refractivity contribution < 1.29 is 23.8 Å². The van der Waals surface area contributed by atoms with Gasteiger partial charge < -0.3 is 14.3 Å². The molecule has 5 heteroatoms. The Morgan fingerprint density at radius 3 is 2.57 bits per heavy atom. The lowest BCUT2D eigenvalue weighted by atomic mass is 9.96. The first kappa shape index (κ1) is 14.8. The van der Waals surface area contributed by atoms with Crippen molar-refractivity contribution in [2.45, 2.75) is 6.42 Å². The van der Waals surface area contributed by atoms with Gasteiger partial charge in [-0.1, -0.05) is 30.3 Å². The van der Waals surface area contributed by atoms with Crippen LogP contribution in [0.4, 0.5) is 0 Å². The average molecular weight is 310 g/mol. The number of carbonyl (C=O) groups excluding carboxylic acids is 1. The standard InChI is InChI=1S/C18H14O5/c1-22-17-13(10-14(19)20)9-12-7-8-23-18(12)15(17)16(21)11-5-3-2-4-6-11/h2-9H,10H2,1H3,(H,19,20).